The van der Waals surface area contributed by atoms with Crippen LogP contribution in [0.5, 0.6) is 0 Å². The molecule has 1 unspecified atom stereocenters. The molecular weight excluding hydrogens is 324 g/mol. The van der Waals surface area contributed by atoms with E-state index >= 15 is 0 Å². The minimum atomic E-state index is -0.336. The van der Waals surface area contributed by atoms with Gasteiger partial charge in [-0.25, -0.2) is 4.68 Å². The first-order valence-corrected chi connectivity index (χ1v) is 8.51. The van der Waals surface area contributed by atoms with Gasteiger partial charge in [0.1, 0.15) is 11.7 Å². The molecule has 0 fully saturated rings. The zero-order chi connectivity index (χ0) is 17.8. The van der Waals surface area contributed by atoms with Crippen LogP contribution in [0.4, 0.5) is 0 Å². The number of nitrogens with one attached hydrogen (secondary N) is 1. The summed E-state index contributed by atoms with van der Waals surface area (Å²) < 4.78 is 1.78. The van der Waals surface area contributed by atoms with Crippen LogP contribution in [0.15, 0.2) is 84.9 Å². The Morgan fingerprint density at radius 3 is 2.31 bits per heavy atom. The van der Waals surface area contributed by atoms with E-state index in [2.05, 4.69) is 15.6 Å². The standard InChI is InChI=1S/C21H18N4O/c26-21(17-11-5-2-6-12-17)22-20(15-16-9-3-1-4-10-16)25-19-14-8-7-13-18(19)23-24-25/h1-14,20H,15H2,(H,22,26). The lowest BCUT2D eigenvalue weighted by molar-refractivity contribution is 0.0916. The van der Waals surface area contributed by atoms with Gasteiger partial charge in [0.2, 0.25) is 0 Å². The fourth-order valence-electron chi connectivity index (χ4n) is 2.98. The van der Waals surface area contributed by atoms with Gasteiger partial charge in [0.25, 0.3) is 5.91 Å². The van der Waals surface area contributed by atoms with Gasteiger partial charge in [0.15, 0.2) is 0 Å². The highest BCUT2D eigenvalue weighted by Crippen LogP contribution is 2.18. The van der Waals surface area contributed by atoms with Crippen molar-refractivity contribution in [3.05, 3.63) is 96.1 Å². The number of rotatable bonds is 5. The first-order chi connectivity index (χ1) is 12.8. The third kappa shape index (κ3) is 3.32. The van der Waals surface area contributed by atoms with Crippen LogP contribution in [-0.2, 0) is 6.42 Å². The maximum Gasteiger partial charge on any atom is 0.252 e. The number of carbonyl (C=O) groups is 1. The third-order valence-electron chi connectivity index (χ3n) is 4.28. The molecule has 1 aromatic heterocycles. The number of amides is 1. The van der Waals surface area contributed by atoms with Crippen molar-refractivity contribution in [2.45, 2.75) is 12.6 Å². The highest BCUT2D eigenvalue weighted by atomic mass is 16.1. The van der Waals surface area contributed by atoms with Gasteiger partial charge in [-0.15, -0.1) is 5.10 Å². The van der Waals surface area contributed by atoms with E-state index in [1.807, 2.05) is 72.8 Å². The van der Waals surface area contributed by atoms with Crippen molar-refractivity contribution in [3.63, 3.8) is 0 Å². The van der Waals surface area contributed by atoms with E-state index in [1.165, 1.54) is 0 Å². The summed E-state index contributed by atoms with van der Waals surface area (Å²) in [6.07, 6.45) is 0.282. The Morgan fingerprint density at radius 1 is 0.885 bits per heavy atom. The third-order valence-corrected chi connectivity index (χ3v) is 4.28. The summed E-state index contributed by atoms with van der Waals surface area (Å²) in [4.78, 5) is 12.7. The van der Waals surface area contributed by atoms with E-state index in [9.17, 15) is 4.79 Å². The number of fused-ring (bicyclic) bond motifs is 1. The summed E-state index contributed by atoms with van der Waals surface area (Å²) in [5.41, 5.74) is 3.43. The normalized spacial score (nSPS) is 12.0. The van der Waals surface area contributed by atoms with Crippen molar-refractivity contribution in [3.8, 4) is 0 Å². The van der Waals surface area contributed by atoms with Crippen LogP contribution in [0.1, 0.15) is 22.1 Å². The topological polar surface area (TPSA) is 59.8 Å². The van der Waals surface area contributed by atoms with Gasteiger partial charge in [-0.3, -0.25) is 4.79 Å². The first kappa shape index (κ1) is 16.0. The predicted octanol–water partition coefficient (Wildman–Crippen LogP) is 3.60. The number of nitrogens with zero attached hydrogens (tertiary/aromatic N) is 3. The van der Waals surface area contributed by atoms with Gasteiger partial charge < -0.3 is 5.32 Å². The Balaban J connectivity index is 1.68. The lowest BCUT2D eigenvalue weighted by atomic mass is 10.1. The second-order valence-corrected chi connectivity index (χ2v) is 6.07. The molecule has 1 amide bonds. The highest BCUT2D eigenvalue weighted by Gasteiger charge is 2.19. The molecule has 0 aliphatic heterocycles. The number of benzene rings is 3. The van der Waals surface area contributed by atoms with Crippen LogP contribution in [0.3, 0.4) is 0 Å². The van der Waals surface area contributed by atoms with E-state index in [4.69, 9.17) is 0 Å². The van der Waals surface area contributed by atoms with E-state index in [1.54, 1.807) is 16.8 Å². The maximum atomic E-state index is 12.7. The molecule has 0 spiro atoms. The molecule has 3 aromatic carbocycles. The number of carbonyl (C=O) groups excluding carboxylic acids is 1. The summed E-state index contributed by atoms with van der Waals surface area (Å²) in [6, 6.07) is 27.0. The predicted molar refractivity (Wildman–Crippen MR) is 101 cm³/mol. The molecule has 0 saturated carbocycles. The van der Waals surface area contributed by atoms with E-state index in [-0.39, 0.29) is 12.1 Å². The molecule has 0 aliphatic carbocycles. The smallest absolute Gasteiger partial charge is 0.252 e. The van der Waals surface area contributed by atoms with Gasteiger partial charge in [-0.05, 0) is 29.8 Å². The molecule has 128 valence electrons. The Kier molecular flexibility index (Phi) is 4.43. The van der Waals surface area contributed by atoms with Crippen molar-refractivity contribution in [2.75, 3.05) is 0 Å². The molecule has 0 saturated heterocycles. The molecule has 0 bridgehead atoms. The maximum absolute atomic E-state index is 12.7. The molecule has 1 N–H and O–H groups in total. The number of hydrogen-bond donors (Lipinski definition) is 1. The van der Waals surface area contributed by atoms with Crippen LogP contribution in [0.2, 0.25) is 0 Å². The fraction of sp³-hybridized carbons (Fsp3) is 0.0952. The van der Waals surface area contributed by atoms with Crippen molar-refractivity contribution in [2.24, 2.45) is 0 Å². The first-order valence-electron chi connectivity index (χ1n) is 8.51. The van der Waals surface area contributed by atoms with Crippen LogP contribution in [-0.4, -0.2) is 20.9 Å². The quantitative estimate of drug-likeness (QED) is 0.603. The number of para-hydroxylation sites is 1. The lowest BCUT2D eigenvalue weighted by Crippen LogP contribution is -2.34. The molecular formula is C21H18N4O. The molecule has 1 heterocycles. The van der Waals surface area contributed by atoms with Crippen molar-refractivity contribution in [1.29, 1.82) is 0 Å². The Labute approximate surface area is 151 Å². The summed E-state index contributed by atoms with van der Waals surface area (Å²) in [6.45, 7) is 0. The van der Waals surface area contributed by atoms with E-state index in [0.29, 0.717) is 12.0 Å². The highest BCUT2D eigenvalue weighted by molar-refractivity contribution is 5.94. The van der Waals surface area contributed by atoms with Gasteiger partial charge in [0, 0.05) is 12.0 Å². The Hall–Kier alpha value is -3.47. The molecule has 26 heavy (non-hydrogen) atoms. The molecule has 1 atom stereocenters. The minimum absolute atomic E-state index is 0.133. The van der Waals surface area contributed by atoms with Gasteiger partial charge >= 0.3 is 0 Å². The zero-order valence-electron chi connectivity index (χ0n) is 14.1. The Morgan fingerprint density at radius 2 is 1.54 bits per heavy atom. The molecule has 4 aromatic rings. The number of aromatic nitrogens is 3. The largest absolute Gasteiger partial charge is 0.330 e. The van der Waals surface area contributed by atoms with Gasteiger partial charge in [0.05, 0.1) is 5.52 Å². The van der Waals surface area contributed by atoms with E-state index in [0.717, 1.165) is 16.6 Å². The van der Waals surface area contributed by atoms with Crippen LogP contribution < -0.4 is 5.32 Å². The van der Waals surface area contributed by atoms with Crippen LogP contribution >= 0.6 is 0 Å². The molecule has 5 nitrogen and oxygen atoms in total. The average Bonchev–Trinajstić information content (AvgIpc) is 3.13. The average molecular weight is 342 g/mol. The molecule has 5 heteroatoms. The summed E-state index contributed by atoms with van der Waals surface area (Å²) in [5, 5.41) is 11.6. The molecule has 0 radical (unpaired) electrons. The second kappa shape index (κ2) is 7.19. The summed E-state index contributed by atoms with van der Waals surface area (Å²) in [5.74, 6) is -0.133. The minimum Gasteiger partial charge on any atom is -0.330 e. The molecule has 0 aliphatic rings. The van der Waals surface area contributed by atoms with Crippen molar-refractivity contribution < 1.29 is 4.79 Å². The fourth-order valence-corrected chi connectivity index (χ4v) is 2.98. The van der Waals surface area contributed by atoms with Gasteiger partial charge in [-0.2, -0.15) is 0 Å². The summed E-state index contributed by atoms with van der Waals surface area (Å²) >= 11 is 0. The van der Waals surface area contributed by atoms with Gasteiger partial charge in [-0.1, -0.05) is 65.9 Å². The summed E-state index contributed by atoms with van der Waals surface area (Å²) in [7, 11) is 0. The second-order valence-electron chi connectivity index (χ2n) is 6.07. The SMILES string of the molecule is O=C(NC(Cc1ccccc1)n1nnc2ccccc21)c1ccccc1. The van der Waals surface area contributed by atoms with E-state index < -0.39 is 0 Å². The Bertz CT molecular complexity index is 1010. The van der Waals surface area contributed by atoms with Crippen molar-refractivity contribution in [1.82, 2.24) is 20.3 Å². The van der Waals surface area contributed by atoms with Crippen LogP contribution in [0, 0.1) is 0 Å². The zero-order valence-corrected chi connectivity index (χ0v) is 14.1. The molecule has 4 rings (SSSR count). The van der Waals surface area contributed by atoms with Crippen LogP contribution in [0.25, 0.3) is 11.0 Å². The number of hydrogen-bond acceptors (Lipinski definition) is 3. The van der Waals surface area contributed by atoms with Crippen molar-refractivity contribution >= 4 is 16.9 Å². The monoisotopic (exact) mass is 342 g/mol. The lowest BCUT2D eigenvalue weighted by Gasteiger charge is -2.20.